The highest BCUT2D eigenvalue weighted by atomic mass is 19.1. The Balaban J connectivity index is 1.74. The molecule has 0 aromatic heterocycles. The summed E-state index contributed by atoms with van der Waals surface area (Å²) < 4.78 is 14.1. The number of carbonyl (C=O) groups is 3. The molecule has 2 amide bonds. The molecule has 1 fully saturated rings. The van der Waals surface area contributed by atoms with Crippen molar-refractivity contribution in [2.75, 3.05) is 10.6 Å². The second kappa shape index (κ2) is 5.64. The van der Waals surface area contributed by atoms with E-state index in [-0.39, 0.29) is 18.0 Å². The predicted octanol–water partition coefficient (Wildman–Crippen LogP) is 2.29. The Bertz CT molecular complexity index is 698. The molecule has 1 saturated carbocycles. The van der Waals surface area contributed by atoms with Crippen LogP contribution in [0.4, 0.5) is 15.8 Å². The van der Waals surface area contributed by atoms with Crippen LogP contribution in [-0.4, -0.2) is 22.9 Å². The molecular weight excluding hydrogens is 303 g/mol. The summed E-state index contributed by atoms with van der Waals surface area (Å²) in [5, 5.41) is 14.3. The lowest BCUT2D eigenvalue weighted by molar-refractivity contribution is -0.157. The number of carbonyl (C=O) groups excluding carboxylic acids is 2. The van der Waals surface area contributed by atoms with Crippen LogP contribution in [0.5, 0.6) is 0 Å². The van der Waals surface area contributed by atoms with E-state index in [0.717, 1.165) is 12.0 Å². The van der Waals surface area contributed by atoms with E-state index in [4.69, 9.17) is 0 Å². The number of amides is 2. The number of benzene rings is 1. The van der Waals surface area contributed by atoms with Crippen LogP contribution in [0, 0.1) is 11.2 Å². The van der Waals surface area contributed by atoms with E-state index in [1.54, 1.807) is 0 Å². The zero-order valence-corrected chi connectivity index (χ0v) is 12.4. The highest BCUT2D eigenvalue weighted by Crippen LogP contribution is 2.44. The first-order chi connectivity index (χ1) is 10.9. The number of rotatable bonds is 4. The van der Waals surface area contributed by atoms with Gasteiger partial charge in [0, 0.05) is 18.5 Å². The average molecular weight is 320 g/mol. The number of aryl methyl sites for hydroxylation is 1. The van der Waals surface area contributed by atoms with Crippen molar-refractivity contribution in [1.82, 2.24) is 0 Å². The standard InChI is InChI=1S/C16H17FN2O4/c17-10-7-11-9(2-3-13(20)18-11)6-12(10)19-14(21)8-16(15(22)23)4-1-5-16/h6-7H,1-5,8H2,(H,18,20)(H,19,21)(H,22,23). The number of anilines is 2. The lowest BCUT2D eigenvalue weighted by Gasteiger charge is -2.36. The molecule has 2 aliphatic rings. The zero-order chi connectivity index (χ0) is 16.6. The lowest BCUT2D eigenvalue weighted by atomic mass is 9.66. The molecule has 6 nitrogen and oxygen atoms in total. The van der Waals surface area contributed by atoms with Gasteiger partial charge in [-0.25, -0.2) is 4.39 Å². The van der Waals surface area contributed by atoms with Crippen LogP contribution >= 0.6 is 0 Å². The second-order valence-electron chi connectivity index (χ2n) is 6.20. The normalized spacial score (nSPS) is 18.4. The Hall–Kier alpha value is -2.44. The minimum Gasteiger partial charge on any atom is -0.481 e. The van der Waals surface area contributed by atoms with Crippen LogP contribution in [0.25, 0.3) is 0 Å². The molecule has 0 atom stereocenters. The highest BCUT2D eigenvalue weighted by molar-refractivity contribution is 5.97. The average Bonchev–Trinajstić information content (AvgIpc) is 2.43. The molecule has 3 N–H and O–H groups in total. The van der Waals surface area contributed by atoms with Gasteiger partial charge in [0.15, 0.2) is 0 Å². The van der Waals surface area contributed by atoms with Crippen molar-refractivity contribution in [2.45, 2.75) is 38.5 Å². The molecule has 3 rings (SSSR count). The first kappa shape index (κ1) is 15.5. The van der Waals surface area contributed by atoms with Crippen molar-refractivity contribution in [3.05, 3.63) is 23.5 Å². The van der Waals surface area contributed by atoms with Gasteiger partial charge in [0.2, 0.25) is 11.8 Å². The van der Waals surface area contributed by atoms with E-state index in [1.807, 2.05) is 0 Å². The van der Waals surface area contributed by atoms with E-state index in [2.05, 4.69) is 10.6 Å². The Morgan fingerprint density at radius 3 is 2.65 bits per heavy atom. The van der Waals surface area contributed by atoms with Crippen LogP contribution in [0.2, 0.25) is 0 Å². The Morgan fingerprint density at radius 1 is 1.30 bits per heavy atom. The maximum atomic E-state index is 14.1. The second-order valence-corrected chi connectivity index (χ2v) is 6.20. The number of nitrogens with one attached hydrogen (secondary N) is 2. The summed E-state index contributed by atoms with van der Waals surface area (Å²) in [6.07, 6.45) is 2.35. The van der Waals surface area contributed by atoms with Crippen molar-refractivity contribution in [1.29, 1.82) is 0 Å². The quantitative estimate of drug-likeness (QED) is 0.793. The molecule has 1 aromatic rings. The molecular formula is C16H17FN2O4. The fourth-order valence-electron chi connectivity index (χ4n) is 3.07. The Labute approximate surface area is 132 Å². The number of carboxylic acid groups (broad SMARTS) is 1. The van der Waals surface area contributed by atoms with Crippen LogP contribution in [0.3, 0.4) is 0 Å². The number of fused-ring (bicyclic) bond motifs is 1. The Kier molecular flexibility index (Phi) is 3.79. The van der Waals surface area contributed by atoms with Crippen molar-refractivity contribution < 1.29 is 23.9 Å². The van der Waals surface area contributed by atoms with Crippen LogP contribution in [0.1, 0.15) is 37.7 Å². The maximum absolute atomic E-state index is 14.1. The topological polar surface area (TPSA) is 95.5 Å². The van der Waals surface area contributed by atoms with Crippen molar-refractivity contribution in [3.8, 4) is 0 Å². The van der Waals surface area contributed by atoms with E-state index in [1.165, 1.54) is 12.1 Å². The van der Waals surface area contributed by atoms with E-state index < -0.39 is 23.1 Å². The van der Waals surface area contributed by atoms with Gasteiger partial charge in [-0.05, 0) is 37.0 Å². The number of aliphatic carboxylic acids is 1. The fourth-order valence-corrected chi connectivity index (χ4v) is 3.07. The molecule has 7 heteroatoms. The van der Waals surface area contributed by atoms with Gasteiger partial charge in [-0.2, -0.15) is 0 Å². The summed E-state index contributed by atoms with van der Waals surface area (Å²) in [4.78, 5) is 34.7. The summed E-state index contributed by atoms with van der Waals surface area (Å²) in [5.41, 5.74) is 0.170. The predicted molar refractivity (Wildman–Crippen MR) is 80.5 cm³/mol. The van der Waals surface area contributed by atoms with Gasteiger partial charge in [0.05, 0.1) is 11.1 Å². The van der Waals surface area contributed by atoms with E-state index in [0.29, 0.717) is 31.4 Å². The monoisotopic (exact) mass is 320 g/mol. The first-order valence-corrected chi connectivity index (χ1v) is 7.55. The third-order valence-corrected chi connectivity index (χ3v) is 4.63. The van der Waals surface area contributed by atoms with Crippen molar-refractivity contribution in [2.24, 2.45) is 5.41 Å². The van der Waals surface area contributed by atoms with Gasteiger partial charge >= 0.3 is 5.97 Å². The molecule has 1 aliphatic carbocycles. The summed E-state index contributed by atoms with van der Waals surface area (Å²) in [7, 11) is 0. The molecule has 1 aromatic carbocycles. The molecule has 0 spiro atoms. The molecule has 122 valence electrons. The van der Waals surface area contributed by atoms with E-state index >= 15 is 0 Å². The largest absolute Gasteiger partial charge is 0.481 e. The van der Waals surface area contributed by atoms with Gasteiger partial charge in [0.25, 0.3) is 0 Å². The SMILES string of the molecule is O=C(CC1(C(=O)O)CCC1)Nc1cc2c(cc1F)NC(=O)CC2. The molecule has 23 heavy (non-hydrogen) atoms. The summed E-state index contributed by atoms with van der Waals surface area (Å²) in [6, 6.07) is 2.68. The van der Waals surface area contributed by atoms with Crippen molar-refractivity contribution in [3.63, 3.8) is 0 Å². The highest BCUT2D eigenvalue weighted by Gasteiger charge is 2.45. The maximum Gasteiger partial charge on any atom is 0.310 e. The summed E-state index contributed by atoms with van der Waals surface area (Å²) in [5.74, 6) is -2.31. The third-order valence-electron chi connectivity index (χ3n) is 4.63. The van der Waals surface area contributed by atoms with Gasteiger partial charge < -0.3 is 15.7 Å². The van der Waals surface area contributed by atoms with Gasteiger partial charge in [0.1, 0.15) is 5.82 Å². The summed E-state index contributed by atoms with van der Waals surface area (Å²) in [6.45, 7) is 0. The molecule has 0 unspecified atom stereocenters. The van der Waals surface area contributed by atoms with Crippen LogP contribution in [-0.2, 0) is 20.8 Å². The molecule has 1 heterocycles. The Morgan fingerprint density at radius 2 is 2.04 bits per heavy atom. The van der Waals surface area contributed by atoms with E-state index in [9.17, 15) is 23.9 Å². The smallest absolute Gasteiger partial charge is 0.310 e. The van der Waals surface area contributed by atoms with Gasteiger partial charge in [-0.15, -0.1) is 0 Å². The summed E-state index contributed by atoms with van der Waals surface area (Å²) >= 11 is 0. The number of halogens is 1. The molecule has 0 radical (unpaired) electrons. The van der Waals surface area contributed by atoms with Gasteiger partial charge in [-0.3, -0.25) is 14.4 Å². The number of carboxylic acids is 1. The number of hydrogen-bond donors (Lipinski definition) is 3. The fraction of sp³-hybridized carbons (Fsp3) is 0.438. The van der Waals surface area contributed by atoms with Crippen LogP contribution < -0.4 is 10.6 Å². The number of hydrogen-bond acceptors (Lipinski definition) is 3. The van der Waals surface area contributed by atoms with Crippen LogP contribution in [0.15, 0.2) is 12.1 Å². The third kappa shape index (κ3) is 2.91. The minimum atomic E-state index is -1.01. The van der Waals surface area contributed by atoms with Gasteiger partial charge in [-0.1, -0.05) is 6.42 Å². The zero-order valence-electron chi connectivity index (χ0n) is 12.4. The lowest BCUT2D eigenvalue weighted by Crippen LogP contribution is -2.41. The molecule has 0 saturated heterocycles. The molecule has 0 bridgehead atoms. The minimum absolute atomic E-state index is 0.0183. The van der Waals surface area contributed by atoms with Crippen molar-refractivity contribution >= 4 is 29.2 Å². The first-order valence-electron chi connectivity index (χ1n) is 7.55. The molecule has 1 aliphatic heterocycles.